The molecule has 0 nitrogen and oxygen atoms in total. The first-order valence-corrected chi connectivity index (χ1v) is 0. The van der Waals surface area contributed by atoms with Crippen molar-refractivity contribution in [2.24, 2.45) is 0 Å². The number of hydrogen-bond donors (Lipinski definition) is 0. The van der Waals surface area contributed by atoms with Gasteiger partial charge in [-0.1, -0.05) is 0 Å². The van der Waals surface area contributed by atoms with E-state index in [-0.39, 0.29) is 100 Å². The second-order valence-corrected chi connectivity index (χ2v) is 0. The number of hydrogen-bond acceptors (Lipinski definition) is 0. The van der Waals surface area contributed by atoms with Crippen molar-refractivity contribution in [3.05, 3.63) is 0 Å². The Morgan fingerprint density at radius 1 is 1.00 bits per heavy atom. The Hall–Kier alpha value is 3.36. The minimum atomic E-state index is 0. The molecule has 0 saturated heterocycles. The second-order valence-electron chi connectivity index (χ2n) is 0. The van der Waals surface area contributed by atoms with Gasteiger partial charge in [-0.05, 0) is 0 Å². The molecule has 0 aliphatic heterocycles. The first-order valence-electron chi connectivity index (χ1n) is 0. The number of rotatable bonds is 0. The van der Waals surface area contributed by atoms with Crippen LogP contribution in [0.5, 0.6) is 0 Å². The third-order valence-corrected chi connectivity index (χ3v) is 0. The molecule has 0 aliphatic rings. The summed E-state index contributed by atoms with van der Waals surface area (Å²) in [5.74, 6) is 0. The van der Waals surface area contributed by atoms with Crippen molar-refractivity contribution >= 4 is 77.9 Å². The molecule has 33 valence electrons. The summed E-state index contributed by atoms with van der Waals surface area (Å²) < 4.78 is 0. The van der Waals surface area contributed by atoms with Gasteiger partial charge in [0.25, 0.3) is 0 Å². The van der Waals surface area contributed by atoms with E-state index in [2.05, 4.69) is 0 Å². The average molecular weight is 654 g/mol. The van der Waals surface area contributed by atoms with Crippen molar-refractivity contribution in [1.29, 1.82) is 0 Å². The maximum atomic E-state index is 0. The average Bonchev–Trinajstić information content (AvgIpc) is 0. The molecule has 0 atom stereocenters. The van der Waals surface area contributed by atoms with Crippen LogP contribution in [0.25, 0.3) is 0 Å². The Bertz CT molecular complexity index is 8.00. The zero-order chi connectivity index (χ0) is 0. The van der Waals surface area contributed by atoms with Gasteiger partial charge in [0.05, 0.1) is 0 Å². The van der Waals surface area contributed by atoms with E-state index in [0.717, 1.165) is 0 Å². The quantitative estimate of drug-likeness (QED) is 0.241. The van der Waals surface area contributed by atoms with Crippen LogP contribution in [0.1, 0.15) is 0 Å². The molecule has 0 spiro atoms. The van der Waals surface area contributed by atoms with Gasteiger partial charge in [-0.2, -0.15) is 0 Å². The molecule has 0 aliphatic carbocycles. The Labute approximate surface area is 98.1 Å². The summed E-state index contributed by atoms with van der Waals surface area (Å²) >= 11 is 0. The van der Waals surface area contributed by atoms with Crippen molar-refractivity contribution in [2.45, 2.75) is 0 Å². The van der Waals surface area contributed by atoms with Crippen LogP contribution in [0.3, 0.4) is 0 Å². The third-order valence-electron chi connectivity index (χ3n) is 0. The summed E-state index contributed by atoms with van der Waals surface area (Å²) in [6, 6.07) is 0. The molecule has 4 heavy (non-hydrogen) atoms. The van der Waals surface area contributed by atoms with E-state index in [9.17, 15) is 0 Å². The molecule has 3 radical (unpaired) electrons. The van der Waals surface area contributed by atoms with E-state index in [4.69, 9.17) is 0 Å². The monoisotopic (exact) mass is 653 g/mol. The fourth-order valence-electron chi connectivity index (χ4n) is 0. The molecule has 0 N–H and O–H groups in total. The maximum absolute atomic E-state index is 0. The van der Waals surface area contributed by atoms with Crippen molar-refractivity contribution < 1.29 is 22.4 Å². The van der Waals surface area contributed by atoms with Gasteiger partial charge < -0.3 is 0 Å². The molecule has 0 heterocycles. The molecule has 0 saturated carbocycles. The molecule has 0 rings (SSSR count). The summed E-state index contributed by atoms with van der Waals surface area (Å²) in [6.07, 6.45) is 0. The van der Waals surface area contributed by atoms with Crippen molar-refractivity contribution in [3.8, 4) is 0 Å². The molecular weight excluding hydrogens is 646 g/mol. The van der Waals surface area contributed by atoms with Gasteiger partial charge >= 0.3 is 77.9 Å². The summed E-state index contributed by atoms with van der Waals surface area (Å²) in [6.45, 7) is 0. The Morgan fingerprint density at radius 2 is 1.00 bits per heavy atom. The Morgan fingerprint density at radius 3 is 1.00 bits per heavy atom. The molecule has 0 bridgehead atoms. The van der Waals surface area contributed by atoms with Gasteiger partial charge in [-0.25, -0.2) is 0 Å². The fraction of sp³-hybridized carbons (Fsp3) is 0. The van der Waals surface area contributed by atoms with Crippen LogP contribution in [-0.2, 0) is 22.4 Å². The van der Waals surface area contributed by atoms with Gasteiger partial charge in [0.15, 0.2) is 0 Å². The fourth-order valence-corrected chi connectivity index (χ4v) is 0. The summed E-state index contributed by atoms with van der Waals surface area (Å²) in [7, 11) is 0. The van der Waals surface area contributed by atoms with Crippen LogP contribution in [0.15, 0.2) is 0 Å². The van der Waals surface area contributed by atoms with Crippen molar-refractivity contribution in [2.75, 3.05) is 0 Å². The van der Waals surface area contributed by atoms with Crippen molar-refractivity contribution in [1.82, 2.24) is 0 Å². The molecule has 0 aromatic heterocycles. The van der Waals surface area contributed by atoms with Gasteiger partial charge in [-0.3, -0.25) is 0 Å². The van der Waals surface area contributed by atoms with E-state index in [1.807, 2.05) is 0 Å². The zero-order valence-corrected chi connectivity index (χ0v) is 18.9. The van der Waals surface area contributed by atoms with Gasteiger partial charge in [0, 0.05) is 22.4 Å². The van der Waals surface area contributed by atoms with Crippen LogP contribution < -0.4 is 0 Å². The standard InChI is InChI=1S/Ag.Bi.Pb.Sb.8H. The Balaban J connectivity index is 0. The molecular formula is H8AgBiPbSb. The zero-order valence-electron chi connectivity index (χ0n) is 2.42. The van der Waals surface area contributed by atoms with Crippen molar-refractivity contribution in [3.63, 3.8) is 0 Å². The van der Waals surface area contributed by atoms with Crippen LogP contribution in [0, 0.1) is 0 Å². The van der Waals surface area contributed by atoms with Crippen LogP contribution in [-0.4, -0.2) is 77.9 Å². The van der Waals surface area contributed by atoms with E-state index in [0.29, 0.717) is 0 Å². The van der Waals surface area contributed by atoms with Crippen LogP contribution >= 0.6 is 0 Å². The predicted octanol–water partition coefficient (Wildman–Crippen LogP) is -3.29. The normalized spacial score (nSPS) is 0. The Kier molecular flexibility index (Phi) is 107. The van der Waals surface area contributed by atoms with E-state index in [1.54, 1.807) is 0 Å². The molecule has 0 unspecified atom stereocenters. The topological polar surface area (TPSA) is 0 Å². The molecule has 0 aromatic rings. The van der Waals surface area contributed by atoms with Gasteiger partial charge in [0.1, 0.15) is 0 Å². The molecule has 0 aromatic carbocycles. The minimum absolute atomic E-state index is 0. The third kappa shape index (κ3) is 9.03. The van der Waals surface area contributed by atoms with Gasteiger partial charge in [-0.15, -0.1) is 0 Å². The van der Waals surface area contributed by atoms with Crippen LogP contribution in [0.4, 0.5) is 0 Å². The summed E-state index contributed by atoms with van der Waals surface area (Å²) in [5.41, 5.74) is 0. The molecule has 0 fully saturated rings. The molecule has 4 heteroatoms. The van der Waals surface area contributed by atoms with E-state index >= 15 is 0 Å². The van der Waals surface area contributed by atoms with Crippen LogP contribution in [0.2, 0.25) is 0 Å². The summed E-state index contributed by atoms with van der Waals surface area (Å²) in [4.78, 5) is 0. The van der Waals surface area contributed by atoms with Gasteiger partial charge in [0.2, 0.25) is 0 Å². The summed E-state index contributed by atoms with van der Waals surface area (Å²) in [5, 5.41) is 0. The SMILES string of the molecule is [Ag].[BiH3].[PbH2].[SbH3]. The predicted molar refractivity (Wildman–Crippen MR) is 28.4 cm³/mol. The first-order chi connectivity index (χ1) is 0. The molecule has 0 amide bonds. The second kappa shape index (κ2) is 16.2. The first kappa shape index (κ1) is 26.4. The van der Waals surface area contributed by atoms with E-state index < -0.39 is 0 Å². The van der Waals surface area contributed by atoms with E-state index in [1.165, 1.54) is 0 Å².